The smallest absolute Gasteiger partial charge is 0.220 e. The van der Waals surface area contributed by atoms with Crippen LogP contribution in [0.5, 0.6) is 0 Å². The van der Waals surface area contributed by atoms with Crippen molar-refractivity contribution in [1.29, 1.82) is 0 Å². The number of rotatable bonds is 7. The Bertz CT molecular complexity index is 1190. The lowest BCUT2D eigenvalue weighted by atomic mass is 10.1. The monoisotopic (exact) mass is 434 g/mol. The van der Waals surface area contributed by atoms with Crippen molar-refractivity contribution in [2.75, 3.05) is 0 Å². The van der Waals surface area contributed by atoms with Crippen molar-refractivity contribution in [3.05, 3.63) is 89.8 Å². The number of carbonyl (C=O) groups excluding carboxylic acids is 1. The van der Waals surface area contributed by atoms with Crippen LogP contribution in [0, 0.1) is 5.82 Å². The second kappa shape index (κ2) is 9.36. The van der Waals surface area contributed by atoms with Gasteiger partial charge in [0, 0.05) is 25.6 Å². The number of aromatic nitrogens is 3. The Kier molecular flexibility index (Phi) is 6.38. The molecule has 158 valence electrons. The highest BCUT2D eigenvalue weighted by Crippen LogP contribution is 2.19. The molecule has 31 heavy (non-hydrogen) atoms. The molecule has 0 bridgehead atoms. The van der Waals surface area contributed by atoms with Crippen LogP contribution in [0.15, 0.2) is 67.0 Å². The number of carbonyl (C=O) groups is 1. The van der Waals surface area contributed by atoms with Gasteiger partial charge in [-0.25, -0.2) is 9.37 Å². The van der Waals surface area contributed by atoms with Gasteiger partial charge >= 0.3 is 0 Å². The van der Waals surface area contributed by atoms with Crippen molar-refractivity contribution in [2.45, 2.75) is 32.4 Å². The quantitative estimate of drug-likeness (QED) is 0.449. The molecule has 0 fully saturated rings. The van der Waals surface area contributed by atoms with Gasteiger partial charge in [0.25, 0.3) is 0 Å². The summed E-state index contributed by atoms with van der Waals surface area (Å²) in [6.07, 6.45) is 4.36. The molecule has 4 aromatic rings. The van der Waals surface area contributed by atoms with E-state index >= 15 is 0 Å². The maximum absolute atomic E-state index is 13.1. The van der Waals surface area contributed by atoms with Crippen molar-refractivity contribution in [3.63, 3.8) is 0 Å². The van der Waals surface area contributed by atoms with Gasteiger partial charge in [-0.3, -0.25) is 9.78 Å². The summed E-state index contributed by atoms with van der Waals surface area (Å²) in [7, 11) is 2.69. The van der Waals surface area contributed by atoms with E-state index in [9.17, 15) is 9.18 Å². The number of benzene rings is 2. The van der Waals surface area contributed by atoms with E-state index in [1.165, 1.54) is 12.1 Å². The summed E-state index contributed by atoms with van der Waals surface area (Å²) in [6.45, 7) is 2.55. The number of hydrogen-bond donors (Lipinski definition) is 1. The number of halogens is 1. The number of imidazole rings is 1. The molecule has 2 atom stereocenters. The first kappa shape index (κ1) is 21.1. The molecule has 0 saturated heterocycles. The lowest BCUT2D eigenvalue weighted by molar-refractivity contribution is -0.121. The highest BCUT2D eigenvalue weighted by molar-refractivity contribution is 7.27. The molecular formula is C24H24FN4OP. The maximum Gasteiger partial charge on any atom is 0.220 e. The van der Waals surface area contributed by atoms with Crippen LogP contribution in [0.2, 0.25) is 0 Å². The molecule has 0 aliphatic rings. The fourth-order valence-corrected chi connectivity index (χ4v) is 3.76. The number of hydrogen-bond acceptors (Lipinski definition) is 3. The van der Waals surface area contributed by atoms with E-state index in [-0.39, 0.29) is 17.8 Å². The van der Waals surface area contributed by atoms with Gasteiger partial charge in [0.15, 0.2) is 0 Å². The lowest BCUT2D eigenvalue weighted by Gasteiger charge is -2.15. The first-order valence-corrected chi connectivity index (χ1v) is 10.8. The van der Waals surface area contributed by atoms with Crippen LogP contribution in [0.3, 0.4) is 0 Å². The van der Waals surface area contributed by atoms with Crippen molar-refractivity contribution < 1.29 is 9.18 Å². The number of amides is 1. The van der Waals surface area contributed by atoms with E-state index in [1.807, 2.05) is 19.2 Å². The summed E-state index contributed by atoms with van der Waals surface area (Å²) < 4.78 is 15.2. The van der Waals surface area contributed by atoms with Crippen LogP contribution in [0.25, 0.3) is 11.0 Å². The standard InChI is InChI=1S/C24H24FN4OP/c1-16(18-4-6-19(25)7-5-18)27-24(30)11-10-23-28-21-12-13-26-14-22(21)29(23)15-17-2-8-20(31)9-3-17/h2-9,12-14,16H,10-11,15,31H2,1H3,(H,27,30). The molecule has 5 nitrogen and oxygen atoms in total. The number of pyridine rings is 1. The Labute approximate surface area is 182 Å². The summed E-state index contributed by atoms with van der Waals surface area (Å²) >= 11 is 0. The first-order chi connectivity index (χ1) is 15.0. The third kappa shape index (κ3) is 5.15. The molecule has 0 spiro atoms. The lowest BCUT2D eigenvalue weighted by Crippen LogP contribution is -2.27. The molecule has 0 aliphatic heterocycles. The van der Waals surface area contributed by atoms with Crippen molar-refractivity contribution in [3.8, 4) is 0 Å². The zero-order valence-electron chi connectivity index (χ0n) is 17.3. The van der Waals surface area contributed by atoms with Crippen LogP contribution in [0.1, 0.15) is 36.3 Å². The molecule has 1 amide bonds. The largest absolute Gasteiger partial charge is 0.350 e. The Morgan fingerprint density at radius 1 is 1.13 bits per heavy atom. The molecule has 4 rings (SSSR count). The molecule has 0 aliphatic carbocycles. The topological polar surface area (TPSA) is 59.8 Å². The molecule has 2 aromatic heterocycles. The summed E-state index contributed by atoms with van der Waals surface area (Å²) in [6, 6.07) is 16.2. The summed E-state index contributed by atoms with van der Waals surface area (Å²) in [5, 5.41) is 4.11. The third-order valence-corrected chi connectivity index (χ3v) is 5.66. The molecule has 0 radical (unpaired) electrons. The highest BCUT2D eigenvalue weighted by Gasteiger charge is 2.15. The summed E-state index contributed by atoms with van der Waals surface area (Å²) in [4.78, 5) is 21.5. The zero-order valence-corrected chi connectivity index (χ0v) is 18.4. The van der Waals surface area contributed by atoms with Gasteiger partial charge in [0.05, 0.1) is 23.3 Å². The number of nitrogens with zero attached hydrogens (tertiary/aromatic N) is 3. The molecule has 2 aromatic carbocycles. The molecule has 7 heteroatoms. The van der Waals surface area contributed by atoms with Crippen LogP contribution in [-0.4, -0.2) is 20.4 Å². The zero-order chi connectivity index (χ0) is 21.8. The van der Waals surface area contributed by atoms with Crippen LogP contribution < -0.4 is 10.6 Å². The van der Waals surface area contributed by atoms with E-state index < -0.39 is 0 Å². The Balaban J connectivity index is 1.48. The predicted octanol–water partition coefficient (Wildman–Crippen LogP) is 3.93. The van der Waals surface area contributed by atoms with Crippen molar-refractivity contribution >= 4 is 31.5 Å². The minimum absolute atomic E-state index is 0.0686. The fourth-order valence-electron chi connectivity index (χ4n) is 3.57. The molecule has 2 heterocycles. The van der Waals surface area contributed by atoms with Gasteiger partial charge < -0.3 is 9.88 Å². The Morgan fingerprint density at radius 3 is 2.61 bits per heavy atom. The minimum Gasteiger partial charge on any atom is -0.350 e. The SMILES string of the molecule is CC(NC(=O)CCc1nc2ccncc2n1Cc1ccc(P)cc1)c1ccc(F)cc1. The van der Waals surface area contributed by atoms with Crippen molar-refractivity contribution in [1.82, 2.24) is 19.9 Å². The van der Waals surface area contributed by atoms with Gasteiger partial charge in [-0.05, 0) is 41.6 Å². The second-order valence-electron chi connectivity index (χ2n) is 7.56. The van der Waals surface area contributed by atoms with Gasteiger partial charge in [-0.1, -0.05) is 36.4 Å². The average Bonchev–Trinajstić information content (AvgIpc) is 3.11. The van der Waals surface area contributed by atoms with E-state index in [2.05, 4.69) is 48.4 Å². The predicted molar refractivity (Wildman–Crippen MR) is 124 cm³/mol. The summed E-state index contributed by atoms with van der Waals surface area (Å²) in [5.74, 6) is 0.492. The Hall–Kier alpha value is -3.11. The van der Waals surface area contributed by atoms with E-state index in [0.717, 1.165) is 33.3 Å². The van der Waals surface area contributed by atoms with Gasteiger partial charge in [0.1, 0.15) is 11.6 Å². The molecular weight excluding hydrogens is 410 g/mol. The fraction of sp³-hybridized carbons (Fsp3) is 0.208. The van der Waals surface area contributed by atoms with Crippen LogP contribution >= 0.6 is 9.24 Å². The normalized spacial score (nSPS) is 12.1. The highest BCUT2D eigenvalue weighted by atomic mass is 31.0. The number of nitrogens with one attached hydrogen (secondary N) is 1. The van der Waals surface area contributed by atoms with Crippen molar-refractivity contribution in [2.24, 2.45) is 0 Å². The Morgan fingerprint density at radius 2 is 1.87 bits per heavy atom. The van der Waals surface area contributed by atoms with E-state index in [0.29, 0.717) is 19.4 Å². The van der Waals surface area contributed by atoms with E-state index in [4.69, 9.17) is 4.98 Å². The summed E-state index contributed by atoms with van der Waals surface area (Å²) in [5.41, 5.74) is 3.84. The van der Waals surface area contributed by atoms with Gasteiger partial charge in [-0.2, -0.15) is 0 Å². The van der Waals surface area contributed by atoms with Gasteiger partial charge in [0.2, 0.25) is 5.91 Å². The number of fused-ring (bicyclic) bond motifs is 1. The van der Waals surface area contributed by atoms with Crippen LogP contribution in [0.4, 0.5) is 4.39 Å². The second-order valence-corrected chi connectivity index (χ2v) is 8.23. The van der Waals surface area contributed by atoms with Crippen LogP contribution in [-0.2, 0) is 17.8 Å². The third-order valence-electron chi connectivity index (χ3n) is 5.27. The molecule has 1 N–H and O–H groups in total. The average molecular weight is 434 g/mol. The van der Waals surface area contributed by atoms with Gasteiger partial charge in [-0.15, -0.1) is 9.24 Å². The first-order valence-electron chi connectivity index (χ1n) is 10.2. The molecule has 2 unspecified atom stereocenters. The van der Waals surface area contributed by atoms with E-state index in [1.54, 1.807) is 18.3 Å². The molecule has 0 saturated carbocycles. The maximum atomic E-state index is 13.1. The number of aryl methyl sites for hydroxylation is 1. The minimum atomic E-state index is -0.289.